The van der Waals surface area contributed by atoms with Gasteiger partial charge in [0.2, 0.25) is 0 Å². The molecule has 1 aliphatic heterocycles. The van der Waals surface area contributed by atoms with Crippen LogP contribution in [0.15, 0.2) is 12.5 Å². The molecule has 98 valence electrons. The summed E-state index contributed by atoms with van der Waals surface area (Å²) in [6.07, 6.45) is 4.87. The van der Waals surface area contributed by atoms with E-state index in [4.69, 9.17) is 17.3 Å². The SMILES string of the molecule is C[C@@H]1CCCN(C(=O)c2ncncc2Cl)[C@H]1CN. The number of amides is 1. The van der Waals surface area contributed by atoms with Crippen molar-refractivity contribution in [3.63, 3.8) is 0 Å². The van der Waals surface area contributed by atoms with Crippen molar-refractivity contribution in [2.45, 2.75) is 25.8 Å². The van der Waals surface area contributed by atoms with E-state index in [1.165, 1.54) is 12.5 Å². The molecule has 0 spiro atoms. The molecule has 5 nitrogen and oxygen atoms in total. The van der Waals surface area contributed by atoms with Gasteiger partial charge < -0.3 is 10.6 Å². The second-order valence-corrected chi connectivity index (χ2v) is 5.05. The molecule has 1 saturated heterocycles. The van der Waals surface area contributed by atoms with E-state index in [-0.39, 0.29) is 22.7 Å². The average Bonchev–Trinajstić information content (AvgIpc) is 2.38. The van der Waals surface area contributed by atoms with Gasteiger partial charge in [0.25, 0.3) is 5.91 Å². The fourth-order valence-electron chi connectivity index (χ4n) is 2.47. The van der Waals surface area contributed by atoms with Gasteiger partial charge in [-0.25, -0.2) is 9.97 Å². The number of carbonyl (C=O) groups is 1. The van der Waals surface area contributed by atoms with E-state index in [0.29, 0.717) is 19.0 Å². The van der Waals surface area contributed by atoms with Crippen molar-refractivity contribution in [1.82, 2.24) is 14.9 Å². The third-order valence-corrected chi connectivity index (χ3v) is 3.76. The number of hydrogen-bond acceptors (Lipinski definition) is 4. The van der Waals surface area contributed by atoms with Crippen molar-refractivity contribution < 1.29 is 4.79 Å². The van der Waals surface area contributed by atoms with Crippen LogP contribution in [-0.4, -0.2) is 39.9 Å². The second-order valence-electron chi connectivity index (χ2n) is 4.64. The second kappa shape index (κ2) is 5.63. The maximum absolute atomic E-state index is 12.4. The zero-order valence-electron chi connectivity index (χ0n) is 10.3. The zero-order chi connectivity index (χ0) is 13.1. The van der Waals surface area contributed by atoms with Crippen LogP contribution >= 0.6 is 11.6 Å². The van der Waals surface area contributed by atoms with Crippen LogP contribution in [0.1, 0.15) is 30.3 Å². The van der Waals surface area contributed by atoms with Gasteiger partial charge in [0.05, 0.1) is 5.02 Å². The van der Waals surface area contributed by atoms with Gasteiger partial charge >= 0.3 is 0 Å². The third-order valence-electron chi connectivity index (χ3n) is 3.49. The predicted octanol–water partition coefficient (Wildman–Crippen LogP) is 1.33. The van der Waals surface area contributed by atoms with E-state index >= 15 is 0 Å². The Morgan fingerprint density at radius 3 is 3.11 bits per heavy atom. The maximum Gasteiger partial charge on any atom is 0.274 e. The molecule has 1 aliphatic rings. The van der Waals surface area contributed by atoms with Crippen LogP contribution in [-0.2, 0) is 0 Å². The van der Waals surface area contributed by atoms with Crippen molar-refractivity contribution in [3.8, 4) is 0 Å². The summed E-state index contributed by atoms with van der Waals surface area (Å²) in [4.78, 5) is 22.0. The fraction of sp³-hybridized carbons (Fsp3) is 0.583. The Morgan fingerprint density at radius 2 is 2.44 bits per heavy atom. The monoisotopic (exact) mass is 268 g/mol. The first-order chi connectivity index (χ1) is 8.65. The van der Waals surface area contributed by atoms with Crippen LogP contribution in [0.4, 0.5) is 0 Å². The number of piperidine rings is 1. The number of hydrogen-bond donors (Lipinski definition) is 1. The quantitative estimate of drug-likeness (QED) is 0.878. The molecule has 2 atom stereocenters. The number of carbonyl (C=O) groups excluding carboxylic acids is 1. The van der Waals surface area contributed by atoms with E-state index in [1.807, 2.05) is 0 Å². The van der Waals surface area contributed by atoms with Gasteiger partial charge in [-0.05, 0) is 18.8 Å². The highest BCUT2D eigenvalue weighted by molar-refractivity contribution is 6.33. The molecule has 2 rings (SSSR count). The summed E-state index contributed by atoms with van der Waals surface area (Å²) < 4.78 is 0. The first-order valence-corrected chi connectivity index (χ1v) is 6.49. The van der Waals surface area contributed by atoms with Crippen molar-refractivity contribution in [1.29, 1.82) is 0 Å². The van der Waals surface area contributed by atoms with Gasteiger partial charge in [0, 0.05) is 25.3 Å². The minimum absolute atomic E-state index is 0.0669. The predicted molar refractivity (Wildman–Crippen MR) is 69.3 cm³/mol. The van der Waals surface area contributed by atoms with E-state index in [1.54, 1.807) is 4.90 Å². The summed E-state index contributed by atoms with van der Waals surface area (Å²) >= 11 is 5.96. The molecule has 18 heavy (non-hydrogen) atoms. The smallest absolute Gasteiger partial charge is 0.274 e. The lowest BCUT2D eigenvalue weighted by Crippen LogP contribution is -2.51. The number of nitrogens with two attached hydrogens (primary N) is 1. The Bertz CT molecular complexity index is 440. The lowest BCUT2D eigenvalue weighted by atomic mass is 9.90. The van der Waals surface area contributed by atoms with Gasteiger partial charge in [-0.15, -0.1) is 0 Å². The average molecular weight is 269 g/mol. The van der Waals surface area contributed by atoms with E-state index in [2.05, 4.69) is 16.9 Å². The molecule has 0 aliphatic carbocycles. The highest BCUT2D eigenvalue weighted by atomic mass is 35.5. The Morgan fingerprint density at radius 1 is 1.67 bits per heavy atom. The summed E-state index contributed by atoms with van der Waals surface area (Å²) in [5, 5.41) is 0.288. The minimum Gasteiger partial charge on any atom is -0.333 e. The van der Waals surface area contributed by atoms with E-state index in [0.717, 1.165) is 12.8 Å². The standard InChI is InChI=1S/C12H17ClN4O/c1-8-3-2-4-17(10(8)5-14)12(18)11-9(13)6-15-7-16-11/h6-8,10H,2-5,14H2,1H3/t8-,10+/m1/s1. The molecule has 0 aromatic carbocycles. The molecule has 0 bridgehead atoms. The van der Waals surface area contributed by atoms with Crippen molar-refractivity contribution in [2.24, 2.45) is 11.7 Å². The molecule has 0 saturated carbocycles. The first kappa shape index (κ1) is 13.2. The van der Waals surface area contributed by atoms with Crippen LogP contribution in [0.25, 0.3) is 0 Å². The largest absolute Gasteiger partial charge is 0.333 e. The highest BCUT2D eigenvalue weighted by Gasteiger charge is 2.32. The first-order valence-electron chi connectivity index (χ1n) is 6.11. The lowest BCUT2D eigenvalue weighted by molar-refractivity contribution is 0.0526. The molecule has 1 fully saturated rings. The van der Waals surface area contributed by atoms with Gasteiger partial charge in [-0.2, -0.15) is 0 Å². The van der Waals surface area contributed by atoms with Gasteiger partial charge in [-0.3, -0.25) is 4.79 Å². The lowest BCUT2D eigenvalue weighted by Gasteiger charge is -2.39. The number of rotatable bonds is 2. The van der Waals surface area contributed by atoms with Crippen LogP contribution in [0.2, 0.25) is 5.02 Å². The minimum atomic E-state index is -0.149. The Labute approximate surface area is 111 Å². The molecule has 1 aromatic rings. The summed E-state index contributed by atoms with van der Waals surface area (Å²) in [5.41, 5.74) is 6.04. The summed E-state index contributed by atoms with van der Waals surface area (Å²) in [7, 11) is 0. The highest BCUT2D eigenvalue weighted by Crippen LogP contribution is 2.25. The van der Waals surface area contributed by atoms with Crippen molar-refractivity contribution in [2.75, 3.05) is 13.1 Å². The zero-order valence-corrected chi connectivity index (χ0v) is 11.1. The molecule has 2 N–H and O–H groups in total. The molecule has 0 radical (unpaired) electrons. The Hall–Kier alpha value is -1.20. The van der Waals surface area contributed by atoms with Gasteiger partial charge in [-0.1, -0.05) is 18.5 Å². The molecule has 6 heteroatoms. The topological polar surface area (TPSA) is 72.1 Å². The summed E-state index contributed by atoms with van der Waals surface area (Å²) in [6.45, 7) is 3.31. The molecular formula is C12H17ClN4O. The molecular weight excluding hydrogens is 252 g/mol. The summed E-state index contributed by atoms with van der Waals surface area (Å²) in [6, 6.07) is 0.0669. The number of aromatic nitrogens is 2. The van der Waals surface area contributed by atoms with Crippen LogP contribution < -0.4 is 5.73 Å². The van der Waals surface area contributed by atoms with Crippen LogP contribution in [0.5, 0.6) is 0 Å². The number of halogens is 1. The number of nitrogens with zero attached hydrogens (tertiary/aromatic N) is 3. The van der Waals surface area contributed by atoms with Crippen molar-refractivity contribution >= 4 is 17.5 Å². The van der Waals surface area contributed by atoms with Gasteiger partial charge in [0.1, 0.15) is 12.0 Å². The maximum atomic E-state index is 12.4. The van der Waals surface area contributed by atoms with Crippen LogP contribution in [0, 0.1) is 5.92 Å². The van der Waals surface area contributed by atoms with Crippen LogP contribution in [0.3, 0.4) is 0 Å². The molecule has 1 amide bonds. The molecule has 2 heterocycles. The fourth-order valence-corrected chi connectivity index (χ4v) is 2.65. The Kier molecular flexibility index (Phi) is 4.14. The summed E-state index contributed by atoms with van der Waals surface area (Å²) in [5.74, 6) is 0.262. The van der Waals surface area contributed by atoms with E-state index < -0.39 is 0 Å². The Balaban J connectivity index is 2.25. The molecule has 1 aromatic heterocycles. The molecule has 0 unspecified atom stereocenters. The number of likely N-dealkylation sites (tertiary alicyclic amines) is 1. The van der Waals surface area contributed by atoms with Crippen molar-refractivity contribution in [3.05, 3.63) is 23.2 Å². The normalized spacial score (nSPS) is 24.1. The third kappa shape index (κ3) is 2.47. The van der Waals surface area contributed by atoms with E-state index in [9.17, 15) is 4.79 Å². The van der Waals surface area contributed by atoms with Gasteiger partial charge in [0.15, 0.2) is 0 Å².